The summed E-state index contributed by atoms with van der Waals surface area (Å²) in [5, 5.41) is 0. The normalized spacial score (nSPS) is 9.04. The molecule has 0 bridgehead atoms. The molecule has 132 valence electrons. The van der Waals surface area contributed by atoms with Crippen molar-refractivity contribution in [1.29, 1.82) is 0 Å². The lowest BCUT2D eigenvalue weighted by atomic mass is 10.0. The number of hydrogen-bond acceptors (Lipinski definition) is 1. The van der Waals surface area contributed by atoms with Gasteiger partial charge in [0.05, 0.1) is 0 Å². The maximum Gasteiger partial charge on any atom is -0.0136 e. The molecule has 0 aliphatic rings. The van der Waals surface area contributed by atoms with Crippen molar-refractivity contribution < 1.29 is 0 Å². The van der Waals surface area contributed by atoms with Crippen molar-refractivity contribution in [2.24, 2.45) is 5.73 Å². The van der Waals surface area contributed by atoms with Crippen LogP contribution in [-0.2, 0) is 12.8 Å². The lowest BCUT2D eigenvalue weighted by molar-refractivity contribution is 0.761. The summed E-state index contributed by atoms with van der Waals surface area (Å²) in [5.74, 6) is 0. The van der Waals surface area contributed by atoms with Crippen LogP contribution >= 0.6 is 0 Å². The van der Waals surface area contributed by atoms with Crippen LogP contribution in [0.5, 0.6) is 0 Å². The molecular formula is C22H39N. The third-order valence-corrected chi connectivity index (χ3v) is 3.50. The van der Waals surface area contributed by atoms with Gasteiger partial charge in [0, 0.05) is 0 Å². The van der Waals surface area contributed by atoms with Gasteiger partial charge in [0.25, 0.3) is 0 Å². The molecule has 0 saturated carbocycles. The Morgan fingerprint density at radius 2 is 1.57 bits per heavy atom. The van der Waals surface area contributed by atoms with E-state index in [1.807, 2.05) is 0 Å². The highest BCUT2D eigenvalue weighted by Crippen LogP contribution is 2.14. The van der Waals surface area contributed by atoms with Crippen molar-refractivity contribution in [3.63, 3.8) is 0 Å². The van der Waals surface area contributed by atoms with Crippen molar-refractivity contribution in [1.82, 2.24) is 0 Å². The highest BCUT2D eigenvalue weighted by atomic mass is 14.5. The Kier molecular flexibility index (Phi) is 19.2. The van der Waals surface area contributed by atoms with E-state index in [1.54, 1.807) is 0 Å². The molecule has 23 heavy (non-hydrogen) atoms. The average molecular weight is 318 g/mol. The third kappa shape index (κ3) is 16.7. The Labute approximate surface area is 145 Å². The molecule has 0 aliphatic heterocycles. The van der Waals surface area contributed by atoms with E-state index in [-0.39, 0.29) is 0 Å². The summed E-state index contributed by atoms with van der Waals surface area (Å²) in [6, 6.07) is 8.96. The van der Waals surface area contributed by atoms with E-state index in [0.717, 1.165) is 6.42 Å². The lowest BCUT2D eigenvalue weighted by Crippen LogP contribution is -1.89. The van der Waals surface area contributed by atoms with Gasteiger partial charge in [-0.3, -0.25) is 0 Å². The lowest BCUT2D eigenvalue weighted by Gasteiger charge is -2.05. The molecule has 0 amide bonds. The largest absolute Gasteiger partial charge is 0.405 e. The molecule has 1 rings (SSSR count). The minimum absolute atomic E-state index is 1.14. The Morgan fingerprint density at radius 1 is 1.00 bits per heavy atom. The first kappa shape index (κ1) is 23.8. The fraction of sp³-hybridized carbons (Fsp3) is 0.545. The smallest absolute Gasteiger partial charge is 0.0136 e. The molecular weight excluding hydrogens is 278 g/mol. The number of unbranched alkanes of at least 4 members (excludes halogenated alkanes) is 1. The van der Waals surface area contributed by atoms with E-state index >= 15 is 0 Å². The fourth-order valence-electron chi connectivity index (χ4n) is 2.03. The van der Waals surface area contributed by atoms with Crippen LogP contribution in [-0.4, -0.2) is 0 Å². The number of benzene rings is 1. The molecule has 1 heteroatoms. The van der Waals surface area contributed by atoms with Gasteiger partial charge in [-0.1, -0.05) is 90.0 Å². The zero-order chi connectivity index (χ0) is 17.9. The van der Waals surface area contributed by atoms with E-state index in [9.17, 15) is 0 Å². The molecule has 0 aliphatic carbocycles. The van der Waals surface area contributed by atoms with Gasteiger partial charge in [-0.2, -0.15) is 0 Å². The molecule has 0 fully saturated rings. The summed E-state index contributed by atoms with van der Waals surface area (Å²) >= 11 is 0. The first-order valence-corrected chi connectivity index (χ1v) is 9.16. The van der Waals surface area contributed by atoms with Crippen LogP contribution in [0, 0.1) is 0 Å². The number of rotatable bonds is 8. The predicted octanol–water partition coefficient (Wildman–Crippen LogP) is 6.82. The zero-order valence-corrected chi connectivity index (χ0v) is 16.0. The number of allylic oxidation sites excluding steroid dienone is 1. The Hall–Kier alpha value is -1.50. The van der Waals surface area contributed by atoms with Crippen LogP contribution in [0.4, 0.5) is 0 Å². The molecule has 0 heterocycles. The van der Waals surface area contributed by atoms with E-state index in [2.05, 4.69) is 70.9 Å². The van der Waals surface area contributed by atoms with Crippen LogP contribution < -0.4 is 5.73 Å². The quantitative estimate of drug-likeness (QED) is 0.523. The van der Waals surface area contributed by atoms with E-state index < -0.39 is 0 Å². The van der Waals surface area contributed by atoms with Crippen molar-refractivity contribution in [2.45, 2.75) is 79.1 Å². The predicted molar refractivity (Wildman–Crippen MR) is 108 cm³/mol. The Bertz CT molecular complexity index is 391. The highest BCUT2D eigenvalue weighted by Gasteiger charge is 1.97. The van der Waals surface area contributed by atoms with Gasteiger partial charge in [-0.25, -0.2) is 0 Å². The van der Waals surface area contributed by atoms with E-state index in [0.29, 0.717) is 0 Å². The van der Waals surface area contributed by atoms with Gasteiger partial charge in [-0.15, -0.1) is 0 Å². The highest BCUT2D eigenvalue weighted by molar-refractivity contribution is 5.23. The topological polar surface area (TPSA) is 26.0 Å². The minimum Gasteiger partial charge on any atom is -0.405 e. The minimum atomic E-state index is 1.14. The van der Waals surface area contributed by atoms with Crippen molar-refractivity contribution in [3.05, 3.63) is 60.3 Å². The maximum atomic E-state index is 4.61. The number of aryl methyl sites for hydroxylation is 2. The zero-order valence-electron chi connectivity index (χ0n) is 16.0. The summed E-state index contributed by atoms with van der Waals surface area (Å²) in [7, 11) is 0. The van der Waals surface area contributed by atoms with Gasteiger partial charge >= 0.3 is 0 Å². The SMILES string of the molecule is C=C(CCC)CCCc1cccc(CC)c1.C=CN.CCCC. The van der Waals surface area contributed by atoms with Gasteiger partial charge < -0.3 is 5.73 Å². The fourth-order valence-corrected chi connectivity index (χ4v) is 2.03. The van der Waals surface area contributed by atoms with Crippen LogP contribution in [0.25, 0.3) is 0 Å². The molecule has 0 atom stereocenters. The van der Waals surface area contributed by atoms with Crippen LogP contribution in [0.15, 0.2) is 49.2 Å². The first-order valence-electron chi connectivity index (χ1n) is 9.16. The molecule has 0 aromatic heterocycles. The van der Waals surface area contributed by atoms with Crippen molar-refractivity contribution in [3.8, 4) is 0 Å². The van der Waals surface area contributed by atoms with Crippen molar-refractivity contribution in [2.75, 3.05) is 0 Å². The number of nitrogens with two attached hydrogens (primary N) is 1. The summed E-state index contributed by atoms with van der Waals surface area (Å²) in [4.78, 5) is 0. The molecule has 0 spiro atoms. The molecule has 1 aromatic carbocycles. The molecule has 2 N–H and O–H groups in total. The average Bonchev–Trinajstić information content (AvgIpc) is 2.56. The van der Waals surface area contributed by atoms with E-state index in [1.165, 1.54) is 67.8 Å². The third-order valence-electron chi connectivity index (χ3n) is 3.50. The molecule has 1 nitrogen and oxygen atoms in total. The molecule has 0 unspecified atom stereocenters. The molecule has 0 saturated heterocycles. The van der Waals surface area contributed by atoms with Gasteiger partial charge in [0.2, 0.25) is 0 Å². The summed E-state index contributed by atoms with van der Waals surface area (Å²) < 4.78 is 0. The summed E-state index contributed by atoms with van der Waals surface area (Å²) in [6.07, 6.45) is 11.1. The van der Waals surface area contributed by atoms with Crippen molar-refractivity contribution >= 4 is 0 Å². The van der Waals surface area contributed by atoms with Crippen LogP contribution in [0.1, 0.15) is 77.3 Å². The van der Waals surface area contributed by atoms with E-state index in [4.69, 9.17) is 0 Å². The van der Waals surface area contributed by atoms with Gasteiger partial charge in [0.15, 0.2) is 0 Å². The first-order chi connectivity index (χ1) is 11.1. The Balaban J connectivity index is 0. The second-order valence-electron chi connectivity index (χ2n) is 5.76. The summed E-state index contributed by atoms with van der Waals surface area (Å²) in [6.45, 7) is 16.0. The maximum absolute atomic E-state index is 4.61. The molecule has 0 radical (unpaired) electrons. The van der Waals surface area contributed by atoms with Crippen LogP contribution in [0.3, 0.4) is 0 Å². The molecule has 1 aromatic rings. The Morgan fingerprint density at radius 3 is 2.04 bits per heavy atom. The monoisotopic (exact) mass is 317 g/mol. The number of hydrogen-bond donors (Lipinski definition) is 1. The van der Waals surface area contributed by atoms with Gasteiger partial charge in [0.1, 0.15) is 0 Å². The van der Waals surface area contributed by atoms with Gasteiger partial charge in [-0.05, 0) is 49.4 Å². The standard InChI is InChI=1S/C16H24.C4H10.C2H5N/c1-4-8-14(3)9-6-11-16-12-7-10-15(5-2)13-16;1-3-4-2;1-2-3/h7,10,12-13H,3-6,8-9,11H2,1-2H3;3-4H2,1-2H3;2H,1,3H2. The second-order valence-corrected chi connectivity index (χ2v) is 5.76. The summed E-state index contributed by atoms with van der Waals surface area (Å²) in [5.41, 5.74) is 8.95. The van der Waals surface area contributed by atoms with Crippen LogP contribution in [0.2, 0.25) is 0 Å². The second kappa shape index (κ2) is 18.5.